The van der Waals surface area contributed by atoms with Crippen LogP contribution in [0.25, 0.3) is 0 Å². The number of ether oxygens (including phenoxy) is 2. The molecule has 0 aliphatic carbocycles. The molecule has 1 aromatic rings. The van der Waals surface area contributed by atoms with E-state index < -0.39 is 103 Å². The van der Waals surface area contributed by atoms with Crippen molar-refractivity contribution in [1.29, 1.82) is 0 Å². The van der Waals surface area contributed by atoms with E-state index in [-0.39, 0.29) is 12.1 Å². The second-order valence-corrected chi connectivity index (χ2v) is 9.72. The van der Waals surface area contributed by atoms with E-state index in [1.54, 1.807) is 0 Å². The summed E-state index contributed by atoms with van der Waals surface area (Å²) in [5.74, 6) is -3.89. The van der Waals surface area contributed by atoms with Crippen LogP contribution in [-0.4, -0.2) is 131 Å². The summed E-state index contributed by atoms with van der Waals surface area (Å²) >= 11 is 0. The third-order valence-electron chi connectivity index (χ3n) is 7.02. The molecule has 3 heterocycles. The second-order valence-electron chi connectivity index (χ2n) is 9.72. The van der Waals surface area contributed by atoms with E-state index in [1.165, 1.54) is 13.0 Å². The summed E-state index contributed by atoms with van der Waals surface area (Å²) in [5.41, 5.74) is 8.46. The van der Waals surface area contributed by atoms with Gasteiger partial charge in [-0.1, -0.05) is 6.08 Å². The molecule has 20 nitrogen and oxygen atoms in total. The van der Waals surface area contributed by atoms with Gasteiger partial charge >= 0.3 is 17.8 Å². The minimum absolute atomic E-state index is 0.204. The molecule has 0 unspecified atom stereocenters. The van der Waals surface area contributed by atoms with Crippen molar-refractivity contribution in [1.82, 2.24) is 19.8 Å². The molecule has 0 spiro atoms. The molecular weight excluding hydrogens is 584 g/mol. The Bertz CT molecular complexity index is 1390. The quantitative estimate of drug-likeness (QED) is 0.103. The molecule has 2 aliphatic rings. The number of aliphatic carboxylic acids is 1. The molecule has 0 radical (unpaired) electrons. The van der Waals surface area contributed by atoms with Gasteiger partial charge in [-0.25, -0.2) is 14.4 Å². The second kappa shape index (κ2) is 13.4. The Labute approximate surface area is 240 Å². The van der Waals surface area contributed by atoms with Crippen molar-refractivity contribution in [3.05, 3.63) is 44.2 Å². The predicted octanol–water partition coefficient (Wildman–Crippen LogP) is -6.48. The molecule has 3 amide bonds. The first kappa shape index (κ1) is 33.3. The van der Waals surface area contributed by atoms with Crippen molar-refractivity contribution < 1.29 is 59.3 Å². The number of nitrogens with zero attached hydrogens (tertiary/aromatic N) is 2. The first-order chi connectivity index (χ1) is 20.1. The number of carboxylic acid groups (broad SMARTS) is 1. The first-order valence-corrected chi connectivity index (χ1v) is 12.6. The van der Waals surface area contributed by atoms with Crippen LogP contribution < -0.4 is 28.0 Å². The van der Waals surface area contributed by atoms with Gasteiger partial charge in [0.15, 0.2) is 12.3 Å². The number of hydrogen-bond donors (Lipinski definition) is 10. The molecule has 2 fully saturated rings. The van der Waals surface area contributed by atoms with Crippen molar-refractivity contribution in [2.45, 2.75) is 68.4 Å². The molecule has 1 aromatic heterocycles. The summed E-state index contributed by atoms with van der Waals surface area (Å²) < 4.78 is 10.6. The lowest BCUT2D eigenvalue weighted by Crippen LogP contribution is -2.67. The number of aromatic nitrogens is 2. The van der Waals surface area contributed by atoms with Crippen LogP contribution in [0.5, 0.6) is 0 Å². The van der Waals surface area contributed by atoms with Crippen LogP contribution in [0.15, 0.2) is 27.4 Å². The maximum atomic E-state index is 13.6. The van der Waals surface area contributed by atoms with E-state index in [2.05, 4.69) is 10.1 Å². The highest BCUT2D eigenvalue weighted by Crippen LogP contribution is 2.33. The number of amides is 3. The van der Waals surface area contributed by atoms with E-state index in [4.69, 9.17) is 16.2 Å². The number of likely N-dealkylation sites (tertiary alicyclic amines) is 1. The summed E-state index contributed by atoms with van der Waals surface area (Å²) in [4.78, 5) is 76.2. The SMILES string of the molecule is C/C=C1/CN(C(=O)[C@@H](NC(=O)[C@@H](N)[C@H](O)[C@@H](O)COC(N)=O)[C@@H]2O[C@H](n3cc(CO)c(=O)[nH]c3=O)[C@H](O)[C@@H]2O)[C@@H]1C(=O)O. The van der Waals surface area contributed by atoms with E-state index in [9.17, 15) is 59.4 Å². The zero-order valence-corrected chi connectivity index (χ0v) is 22.5. The highest BCUT2D eigenvalue weighted by Gasteiger charge is 2.54. The molecule has 3 rings (SSSR count). The smallest absolute Gasteiger partial charge is 0.404 e. The van der Waals surface area contributed by atoms with Crippen molar-refractivity contribution in [3.8, 4) is 0 Å². The zero-order chi connectivity index (χ0) is 32.3. The lowest BCUT2D eigenvalue weighted by molar-refractivity contribution is -0.157. The molecule has 20 heteroatoms. The number of aliphatic hydroxyl groups excluding tert-OH is 5. The zero-order valence-electron chi connectivity index (χ0n) is 22.5. The highest BCUT2D eigenvalue weighted by atomic mass is 16.6. The Morgan fingerprint density at radius 2 is 1.88 bits per heavy atom. The number of rotatable bonds is 11. The van der Waals surface area contributed by atoms with Gasteiger partial charge in [-0.15, -0.1) is 0 Å². The molecule has 2 saturated heterocycles. The fraction of sp³-hybridized carbons (Fsp3) is 0.565. The van der Waals surface area contributed by atoms with Crippen molar-refractivity contribution in [3.63, 3.8) is 0 Å². The molecular formula is C23H32N6O14. The van der Waals surface area contributed by atoms with E-state index >= 15 is 0 Å². The standard InChI is InChI=1S/C23H32N6O14/c1-2-7-3-28(12(7)21(38)39)19(37)11(26-18(36)10(24)13(32)9(31)6-42-22(25)40)16-14(33)15(34)20(43-16)29-4-8(5-30)17(35)27-23(29)41/h2,4,9-16,20,30-34H,3,5-6,24H2,1H3,(H2,25,40)(H,26,36)(H,38,39)(H,27,35,41)/b7-2-/t9-,10-,11-,12-,13+,14-,15+,16-,20-/m0/s1. The Morgan fingerprint density at radius 1 is 1.23 bits per heavy atom. The van der Waals surface area contributed by atoms with Crippen LogP contribution in [0.2, 0.25) is 0 Å². The number of nitrogens with two attached hydrogens (primary N) is 2. The maximum Gasteiger partial charge on any atom is 0.404 e. The number of aromatic amines is 1. The van der Waals surface area contributed by atoms with E-state index in [0.29, 0.717) is 10.1 Å². The lowest BCUT2D eigenvalue weighted by atomic mass is 9.92. The highest BCUT2D eigenvalue weighted by molar-refractivity contribution is 5.95. The maximum absolute atomic E-state index is 13.6. The van der Waals surface area contributed by atoms with Gasteiger partial charge < -0.3 is 61.8 Å². The number of carboxylic acids is 1. The molecule has 0 saturated carbocycles. The van der Waals surface area contributed by atoms with Gasteiger partial charge in [0, 0.05) is 12.7 Å². The fourth-order valence-corrected chi connectivity index (χ4v) is 4.60. The third-order valence-corrected chi connectivity index (χ3v) is 7.02. The minimum atomic E-state index is -2.09. The van der Waals surface area contributed by atoms with Crippen LogP contribution >= 0.6 is 0 Å². The monoisotopic (exact) mass is 616 g/mol. The molecule has 9 atom stereocenters. The summed E-state index contributed by atoms with van der Waals surface area (Å²) in [6.07, 6.45) is -10.7. The summed E-state index contributed by atoms with van der Waals surface area (Å²) in [6, 6.07) is -5.47. The average Bonchev–Trinajstić information content (AvgIpc) is 3.22. The first-order valence-electron chi connectivity index (χ1n) is 12.6. The van der Waals surface area contributed by atoms with Gasteiger partial charge in [-0.05, 0) is 12.5 Å². The lowest BCUT2D eigenvalue weighted by Gasteiger charge is -2.43. The molecule has 12 N–H and O–H groups in total. The molecule has 238 valence electrons. The fourth-order valence-electron chi connectivity index (χ4n) is 4.60. The van der Waals surface area contributed by atoms with E-state index in [0.717, 1.165) is 11.1 Å². The predicted molar refractivity (Wildman–Crippen MR) is 138 cm³/mol. The average molecular weight is 617 g/mol. The van der Waals surface area contributed by atoms with Gasteiger partial charge in [0.2, 0.25) is 11.8 Å². The summed E-state index contributed by atoms with van der Waals surface area (Å²) in [5, 5.41) is 63.0. The van der Waals surface area contributed by atoms with Crippen molar-refractivity contribution >= 4 is 23.9 Å². The Kier molecular flexibility index (Phi) is 10.4. The Balaban J connectivity index is 1.95. The Hall–Kier alpha value is -4.18. The normalized spacial score (nSPS) is 27.1. The van der Waals surface area contributed by atoms with Gasteiger partial charge in [0.1, 0.15) is 49.2 Å². The third kappa shape index (κ3) is 6.74. The molecule has 2 aliphatic heterocycles. The number of allylic oxidation sites excluding steroid dienone is 1. The molecule has 0 aromatic carbocycles. The van der Waals surface area contributed by atoms with Crippen LogP contribution in [0, 0.1) is 0 Å². The van der Waals surface area contributed by atoms with Gasteiger partial charge in [-0.3, -0.25) is 23.9 Å². The number of primary amides is 1. The number of carbonyl (C=O) groups is 4. The number of carbonyl (C=O) groups excluding carboxylic acids is 3. The Morgan fingerprint density at radius 3 is 2.44 bits per heavy atom. The van der Waals surface area contributed by atoms with Crippen LogP contribution in [0.1, 0.15) is 18.7 Å². The van der Waals surface area contributed by atoms with Crippen LogP contribution in [0.4, 0.5) is 4.79 Å². The van der Waals surface area contributed by atoms with Crippen molar-refractivity contribution in [2.24, 2.45) is 11.5 Å². The number of H-pyrrole nitrogens is 1. The number of aliphatic hydroxyl groups is 5. The van der Waals surface area contributed by atoms with Crippen LogP contribution in [-0.2, 0) is 30.5 Å². The minimum Gasteiger partial charge on any atom is -0.479 e. The van der Waals surface area contributed by atoms with Crippen LogP contribution in [0.3, 0.4) is 0 Å². The van der Waals surface area contributed by atoms with Gasteiger partial charge in [-0.2, -0.15) is 0 Å². The number of nitrogens with one attached hydrogen (secondary N) is 2. The van der Waals surface area contributed by atoms with E-state index in [1.807, 2.05) is 4.98 Å². The molecule has 0 bridgehead atoms. The van der Waals surface area contributed by atoms with Gasteiger partial charge in [0.05, 0.1) is 12.2 Å². The van der Waals surface area contributed by atoms with Gasteiger partial charge in [0.25, 0.3) is 5.56 Å². The topological polar surface area (TPSA) is 330 Å². The molecule has 43 heavy (non-hydrogen) atoms. The number of hydrogen-bond acceptors (Lipinski definition) is 14. The van der Waals surface area contributed by atoms with Crippen molar-refractivity contribution in [2.75, 3.05) is 13.2 Å². The largest absolute Gasteiger partial charge is 0.479 e. The summed E-state index contributed by atoms with van der Waals surface area (Å²) in [7, 11) is 0. The summed E-state index contributed by atoms with van der Waals surface area (Å²) in [6.45, 7) is -0.350.